The molecule has 7 nitrogen and oxygen atoms in total. The summed E-state index contributed by atoms with van der Waals surface area (Å²) in [6.45, 7) is 3.51. The fraction of sp³-hybridized carbons (Fsp3) is 0.476. The van der Waals surface area contributed by atoms with Crippen LogP contribution in [0.15, 0.2) is 30.5 Å². The summed E-state index contributed by atoms with van der Waals surface area (Å²) in [5.74, 6) is 3.02. The molecule has 2 N–H and O–H groups in total. The Hall–Kier alpha value is -2.69. The SMILES string of the molecule is N#Cc1ccnc(Nc2cc(C3CCOCC3)cc(N3CCC(CO)C3)n2)c1. The number of rotatable bonds is 5. The quantitative estimate of drug-likeness (QED) is 0.825. The van der Waals surface area contributed by atoms with Crippen molar-refractivity contribution in [2.24, 2.45) is 5.92 Å². The highest BCUT2D eigenvalue weighted by atomic mass is 16.5. The van der Waals surface area contributed by atoms with Gasteiger partial charge in [-0.15, -0.1) is 0 Å². The van der Waals surface area contributed by atoms with Gasteiger partial charge in [0, 0.05) is 45.0 Å². The van der Waals surface area contributed by atoms with Gasteiger partial charge in [0.2, 0.25) is 0 Å². The van der Waals surface area contributed by atoms with Gasteiger partial charge in [0.15, 0.2) is 0 Å². The van der Waals surface area contributed by atoms with Gasteiger partial charge in [-0.25, -0.2) is 9.97 Å². The van der Waals surface area contributed by atoms with Crippen molar-refractivity contribution in [3.8, 4) is 6.07 Å². The van der Waals surface area contributed by atoms with Gasteiger partial charge in [0.1, 0.15) is 17.5 Å². The van der Waals surface area contributed by atoms with E-state index in [0.29, 0.717) is 23.2 Å². The first-order valence-corrected chi connectivity index (χ1v) is 9.84. The first kappa shape index (κ1) is 18.7. The third-order valence-electron chi connectivity index (χ3n) is 5.54. The summed E-state index contributed by atoms with van der Waals surface area (Å²) in [6.07, 6.45) is 4.61. The van der Waals surface area contributed by atoms with E-state index in [1.54, 1.807) is 18.3 Å². The zero-order valence-electron chi connectivity index (χ0n) is 15.8. The van der Waals surface area contributed by atoms with Crippen molar-refractivity contribution in [2.45, 2.75) is 25.2 Å². The molecule has 0 bridgehead atoms. The van der Waals surface area contributed by atoms with Crippen molar-refractivity contribution in [3.05, 3.63) is 41.6 Å². The van der Waals surface area contributed by atoms with E-state index < -0.39 is 0 Å². The molecular weight excluding hydrogens is 354 g/mol. The Balaban J connectivity index is 1.64. The summed E-state index contributed by atoms with van der Waals surface area (Å²) in [5.41, 5.74) is 1.81. The number of aliphatic hydroxyl groups is 1. The number of hydrogen-bond acceptors (Lipinski definition) is 7. The highest BCUT2D eigenvalue weighted by Crippen LogP contribution is 2.33. The maximum atomic E-state index is 9.48. The van der Waals surface area contributed by atoms with E-state index in [9.17, 15) is 5.11 Å². The maximum absolute atomic E-state index is 9.48. The molecule has 4 rings (SSSR count). The van der Waals surface area contributed by atoms with Gasteiger partial charge >= 0.3 is 0 Å². The van der Waals surface area contributed by atoms with E-state index in [1.165, 1.54) is 5.56 Å². The van der Waals surface area contributed by atoms with Crippen LogP contribution in [0.25, 0.3) is 0 Å². The molecule has 0 spiro atoms. The van der Waals surface area contributed by atoms with Crippen molar-refractivity contribution in [2.75, 3.05) is 43.1 Å². The number of nitriles is 1. The molecule has 0 saturated carbocycles. The van der Waals surface area contributed by atoms with Gasteiger partial charge in [-0.2, -0.15) is 5.26 Å². The second-order valence-corrected chi connectivity index (χ2v) is 7.48. The van der Waals surface area contributed by atoms with Crippen LogP contribution in [-0.4, -0.2) is 48.0 Å². The lowest BCUT2D eigenvalue weighted by molar-refractivity contribution is 0.0853. The number of nitrogens with one attached hydrogen (secondary N) is 1. The van der Waals surface area contributed by atoms with Gasteiger partial charge < -0.3 is 20.1 Å². The Labute approximate surface area is 165 Å². The number of ether oxygens (including phenoxy) is 1. The zero-order valence-corrected chi connectivity index (χ0v) is 15.8. The first-order valence-electron chi connectivity index (χ1n) is 9.84. The Kier molecular flexibility index (Phi) is 5.70. The lowest BCUT2D eigenvalue weighted by atomic mass is 9.92. The molecule has 2 fully saturated rings. The van der Waals surface area contributed by atoms with Gasteiger partial charge in [0.05, 0.1) is 11.6 Å². The van der Waals surface area contributed by atoms with Crippen molar-refractivity contribution < 1.29 is 9.84 Å². The Morgan fingerprint density at radius 1 is 1.21 bits per heavy atom. The number of hydrogen-bond donors (Lipinski definition) is 2. The van der Waals surface area contributed by atoms with E-state index in [-0.39, 0.29) is 6.61 Å². The third kappa shape index (κ3) is 4.24. The van der Waals surface area contributed by atoms with Crippen LogP contribution >= 0.6 is 0 Å². The third-order valence-corrected chi connectivity index (χ3v) is 5.54. The van der Waals surface area contributed by atoms with Gasteiger partial charge in [0.25, 0.3) is 0 Å². The number of nitrogens with zero attached hydrogens (tertiary/aromatic N) is 4. The average Bonchev–Trinajstić information content (AvgIpc) is 3.24. The zero-order chi connectivity index (χ0) is 19.3. The molecule has 0 amide bonds. The Bertz CT molecular complexity index is 860. The van der Waals surface area contributed by atoms with Crippen LogP contribution in [0, 0.1) is 17.2 Å². The maximum Gasteiger partial charge on any atom is 0.134 e. The standard InChI is InChI=1S/C21H25N5O2/c22-12-15-1-5-23-19(9-15)24-20-10-18(17-3-7-28-8-4-17)11-21(25-20)26-6-2-16(13-26)14-27/h1,5,9-11,16-17,27H,2-4,6-8,13-14H2,(H,23,24,25). The average molecular weight is 379 g/mol. The summed E-state index contributed by atoms with van der Waals surface area (Å²) < 4.78 is 5.52. The van der Waals surface area contributed by atoms with Crippen molar-refractivity contribution in [3.63, 3.8) is 0 Å². The van der Waals surface area contributed by atoms with E-state index in [4.69, 9.17) is 15.0 Å². The number of aromatic nitrogens is 2. The fourth-order valence-corrected chi connectivity index (χ4v) is 3.92. The molecule has 2 saturated heterocycles. The van der Waals surface area contributed by atoms with E-state index in [1.807, 2.05) is 0 Å². The number of aliphatic hydroxyl groups excluding tert-OH is 1. The number of pyridine rings is 2. The minimum Gasteiger partial charge on any atom is -0.396 e. The van der Waals surface area contributed by atoms with E-state index in [0.717, 1.165) is 57.2 Å². The molecule has 1 unspecified atom stereocenters. The molecule has 146 valence electrons. The summed E-state index contributed by atoms with van der Waals surface area (Å²) in [5, 5.41) is 21.9. The minimum absolute atomic E-state index is 0.214. The molecule has 2 aromatic heterocycles. The summed E-state index contributed by atoms with van der Waals surface area (Å²) >= 11 is 0. The molecule has 2 aromatic rings. The molecule has 0 aromatic carbocycles. The Morgan fingerprint density at radius 2 is 2.07 bits per heavy atom. The molecule has 2 aliphatic rings. The van der Waals surface area contributed by atoms with Gasteiger partial charge in [-0.05, 0) is 55.0 Å². The fourth-order valence-electron chi connectivity index (χ4n) is 3.92. The molecule has 4 heterocycles. The smallest absolute Gasteiger partial charge is 0.134 e. The molecule has 0 aliphatic carbocycles. The summed E-state index contributed by atoms with van der Waals surface area (Å²) in [7, 11) is 0. The lowest BCUT2D eigenvalue weighted by Gasteiger charge is -2.25. The molecular formula is C21H25N5O2. The van der Waals surface area contributed by atoms with E-state index in [2.05, 4.69) is 33.4 Å². The summed E-state index contributed by atoms with van der Waals surface area (Å²) in [6, 6.07) is 9.81. The van der Waals surface area contributed by atoms with Crippen LogP contribution in [0.3, 0.4) is 0 Å². The van der Waals surface area contributed by atoms with Crippen molar-refractivity contribution in [1.82, 2.24) is 9.97 Å². The molecule has 7 heteroatoms. The highest BCUT2D eigenvalue weighted by Gasteiger charge is 2.25. The van der Waals surface area contributed by atoms with Crippen LogP contribution in [0.5, 0.6) is 0 Å². The highest BCUT2D eigenvalue weighted by molar-refractivity contribution is 5.59. The van der Waals surface area contributed by atoms with Crippen molar-refractivity contribution in [1.29, 1.82) is 5.26 Å². The van der Waals surface area contributed by atoms with Crippen molar-refractivity contribution >= 4 is 17.5 Å². The summed E-state index contributed by atoms with van der Waals surface area (Å²) in [4.78, 5) is 11.4. The minimum atomic E-state index is 0.214. The Morgan fingerprint density at radius 3 is 2.82 bits per heavy atom. The van der Waals surface area contributed by atoms with Gasteiger partial charge in [-0.1, -0.05) is 0 Å². The molecule has 1 atom stereocenters. The second kappa shape index (κ2) is 8.55. The molecule has 28 heavy (non-hydrogen) atoms. The lowest BCUT2D eigenvalue weighted by Crippen LogP contribution is -2.23. The first-order chi connectivity index (χ1) is 13.7. The largest absolute Gasteiger partial charge is 0.396 e. The van der Waals surface area contributed by atoms with Gasteiger partial charge in [-0.3, -0.25) is 0 Å². The topological polar surface area (TPSA) is 94.3 Å². The predicted molar refractivity (Wildman–Crippen MR) is 107 cm³/mol. The molecule has 2 aliphatic heterocycles. The normalized spacial score (nSPS) is 20.1. The molecule has 0 radical (unpaired) electrons. The number of anilines is 3. The predicted octanol–water partition coefficient (Wildman–Crippen LogP) is 2.80. The van der Waals surface area contributed by atoms with Crippen LogP contribution in [0.1, 0.15) is 36.3 Å². The monoisotopic (exact) mass is 379 g/mol. The van der Waals surface area contributed by atoms with Crippen LogP contribution in [-0.2, 0) is 4.74 Å². The second-order valence-electron chi connectivity index (χ2n) is 7.48. The van der Waals surface area contributed by atoms with Crippen LogP contribution < -0.4 is 10.2 Å². The van der Waals surface area contributed by atoms with E-state index >= 15 is 0 Å². The van der Waals surface area contributed by atoms with Crippen LogP contribution in [0.2, 0.25) is 0 Å². The van der Waals surface area contributed by atoms with Crippen LogP contribution in [0.4, 0.5) is 17.5 Å².